The van der Waals surface area contributed by atoms with E-state index in [1.807, 2.05) is 0 Å². The fourth-order valence-electron chi connectivity index (χ4n) is 3.36. The molecule has 1 fully saturated rings. The van der Waals surface area contributed by atoms with E-state index in [0.717, 1.165) is 17.5 Å². The maximum absolute atomic E-state index is 12.9. The third kappa shape index (κ3) is 4.49. The molecule has 3 unspecified atom stereocenters. The summed E-state index contributed by atoms with van der Waals surface area (Å²) < 4.78 is 32.7. The van der Waals surface area contributed by atoms with Crippen molar-refractivity contribution in [2.24, 2.45) is 24.8 Å². The van der Waals surface area contributed by atoms with Crippen molar-refractivity contribution in [3.63, 3.8) is 0 Å². The average Bonchev–Trinajstić information content (AvgIpc) is 2.85. The molecule has 1 aliphatic rings. The molecule has 1 aromatic rings. The standard InChI is InChI=1S/C16H26F2N4O2/c1-9(2)11-6-5-10(3)7-12(11)24-8-13(23)19-16-14(15(17)18)22(4)21-20-16/h9-12,15H,5-8H2,1-4H3,(H,19,23). The number of amides is 1. The second-order valence-electron chi connectivity index (χ2n) is 6.97. The number of rotatable bonds is 6. The predicted octanol–water partition coefficient (Wildman–Crippen LogP) is 3.17. The van der Waals surface area contributed by atoms with Gasteiger partial charge in [-0.25, -0.2) is 13.5 Å². The summed E-state index contributed by atoms with van der Waals surface area (Å²) in [6, 6.07) is 0. The molecule has 0 spiro atoms. The number of ether oxygens (including phenoxy) is 1. The molecule has 2 rings (SSSR count). The van der Waals surface area contributed by atoms with Gasteiger partial charge in [0.15, 0.2) is 5.82 Å². The molecule has 0 aromatic carbocycles. The van der Waals surface area contributed by atoms with Crippen LogP contribution in [-0.2, 0) is 16.6 Å². The van der Waals surface area contributed by atoms with Crippen LogP contribution in [0.4, 0.5) is 14.6 Å². The lowest BCUT2D eigenvalue weighted by molar-refractivity contribution is -0.126. The number of carbonyl (C=O) groups is 1. The van der Waals surface area contributed by atoms with E-state index in [9.17, 15) is 13.6 Å². The van der Waals surface area contributed by atoms with E-state index in [-0.39, 0.29) is 18.5 Å². The van der Waals surface area contributed by atoms with Crippen molar-refractivity contribution in [3.8, 4) is 0 Å². The van der Waals surface area contributed by atoms with Crippen molar-refractivity contribution >= 4 is 11.7 Å². The molecular formula is C16H26F2N4O2. The molecule has 6 nitrogen and oxygen atoms in total. The number of aryl methyl sites for hydroxylation is 1. The first-order chi connectivity index (χ1) is 11.3. The van der Waals surface area contributed by atoms with Crippen molar-refractivity contribution in [3.05, 3.63) is 5.69 Å². The monoisotopic (exact) mass is 344 g/mol. The molecule has 1 saturated carbocycles. The van der Waals surface area contributed by atoms with E-state index in [2.05, 4.69) is 36.4 Å². The molecule has 0 bridgehead atoms. The summed E-state index contributed by atoms with van der Waals surface area (Å²) in [6.45, 7) is 6.33. The molecule has 1 aliphatic carbocycles. The first-order valence-electron chi connectivity index (χ1n) is 8.38. The van der Waals surface area contributed by atoms with E-state index < -0.39 is 18.0 Å². The lowest BCUT2D eigenvalue weighted by Crippen LogP contribution is -2.36. The summed E-state index contributed by atoms with van der Waals surface area (Å²) in [6.07, 6.45) is 0.447. The highest BCUT2D eigenvalue weighted by Gasteiger charge is 2.32. The van der Waals surface area contributed by atoms with E-state index >= 15 is 0 Å². The number of halogens is 2. The van der Waals surface area contributed by atoms with Gasteiger partial charge in [-0.1, -0.05) is 32.4 Å². The molecular weight excluding hydrogens is 318 g/mol. The number of nitrogens with one attached hydrogen (secondary N) is 1. The number of aromatic nitrogens is 3. The zero-order valence-corrected chi connectivity index (χ0v) is 14.6. The smallest absolute Gasteiger partial charge is 0.283 e. The zero-order chi connectivity index (χ0) is 17.9. The van der Waals surface area contributed by atoms with Crippen LogP contribution in [0.15, 0.2) is 0 Å². The van der Waals surface area contributed by atoms with Gasteiger partial charge < -0.3 is 10.1 Å². The van der Waals surface area contributed by atoms with Gasteiger partial charge in [-0.3, -0.25) is 4.79 Å². The molecule has 0 radical (unpaired) electrons. The zero-order valence-electron chi connectivity index (χ0n) is 14.6. The lowest BCUT2D eigenvalue weighted by atomic mass is 9.75. The summed E-state index contributed by atoms with van der Waals surface area (Å²) in [5, 5.41) is 9.46. The Balaban J connectivity index is 1.93. The summed E-state index contributed by atoms with van der Waals surface area (Å²) in [4.78, 5) is 12.0. The first kappa shape index (κ1) is 18.8. The summed E-state index contributed by atoms with van der Waals surface area (Å²) in [7, 11) is 1.36. The van der Waals surface area contributed by atoms with Crippen LogP contribution >= 0.6 is 0 Å². The number of hydrogen-bond acceptors (Lipinski definition) is 4. The quantitative estimate of drug-likeness (QED) is 0.860. The van der Waals surface area contributed by atoms with Crippen molar-refractivity contribution in [1.29, 1.82) is 0 Å². The van der Waals surface area contributed by atoms with E-state index in [4.69, 9.17) is 4.74 Å². The van der Waals surface area contributed by atoms with Crippen molar-refractivity contribution < 1.29 is 18.3 Å². The minimum atomic E-state index is -2.76. The fourth-order valence-corrected chi connectivity index (χ4v) is 3.36. The number of hydrogen-bond donors (Lipinski definition) is 1. The van der Waals surface area contributed by atoms with Gasteiger partial charge in [0.2, 0.25) is 0 Å². The van der Waals surface area contributed by atoms with E-state index in [1.54, 1.807) is 0 Å². The maximum Gasteiger partial charge on any atom is 0.283 e. The second kappa shape index (κ2) is 8.00. The second-order valence-corrected chi connectivity index (χ2v) is 6.97. The van der Waals surface area contributed by atoms with Gasteiger partial charge in [0.25, 0.3) is 12.3 Å². The molecule has 0 aliphatic heterocycles. The number of carbonyl (C=O) groups excluding carboxylic acids is 1. The van der Waals surface area contributed by atoms with Crippen LogP contribution < -0.4 is 5.32 Å². The highest BCUT2D eigenvalue weighted by atomic mass is 19.3. The highest BCUT2D eigenvalue weighted by Crippen LogP contribution is 2.35. The van der Waals surface area contributed by atoms with Crippen LogP contribution in [-0.4, -0.2) is 33.6 Å². The van der Waals surface area contributed by atoms with Crippen molar-refractivity contribution in [2.75, 3.05) is 11.9 Å². The molecule has 1 aromatic heterocycles. The van der Waals surface area contributed by atoms with Crippen LogP contribution in [0.5, 0.6) is 0 Å². The van der Waals surface area contributed by atoms with Gasteiger partial charge in [0, 0.05) is 7.05 Å². The molecule has 3 atom stereocenters. The Morgan fingerprint density at radius 3 is 2.75 bits per heavy atom. The third-order valence-electron chi connectivity index (χ3n) is 4.72. The minimum absolute atomic E-state index is 0.0240. The molecule has 8 heteroatoms. The van der Waals surface area contributed by atoms with Crippen LogP contribution in [0, 0.1) is 17.8 Å². The molecule has 1 amide bonds. The van der Waals surface area contributed by atoms with Gasteiger partial charge >= 0.3 is 0 Å². The number of anilines is 1. The number of nitrogens with zero attached hydrogens (tertiary/aromatic N) is 3. The van der Waals surface area contributed by atoms with Crippen molar-refractivity contribution in [1.82, 2.24) is 15.0 Å². The van der Waals surface area contributed by atoms with Gasteiger partial charge in [0.05, 0.1) is 6.10 Å². The van der Waals surface area contributed by atoms with Gasteiger partial charge in [-0.2, -0.15) is 0 Å². The summed E-state index contributed by atoms with van der Waals surface area (Å²) in [5.41, 5.74) is -0.408. The minimum Gasteiger partial charge on any atom is -0.368 e. The molecule has 1 N–H and O–H groups in total. The number of alkyl halides is 2. The molecule has 24 heavy (non-hydrogen) atoms. The van der Waals surface area contributed by atoms with Gasteiger partial charge in [0.1, 0.15) is 12.3 Å². The Morgan fingerprint density at radius 1 is 1.42 bits per heavy atom. The van der Waals surface area contributed by atoms with Gasteiger partial charge in [-0.05, 0) is 30.6 Å². The van der Waals surface area contributed by atoms with Crippen LogP contribution in [0.1, 0.15) is 52.2 Å². The first-order valence-corrected chi connectivity index (χ1v) is 8.38. The Morgan fingerprint density at radius 2 is 2.12 bits per heavy atom. The Labute approximate surface area is 140 Å². The van der Waals surface area contributed by atoms with E-state index in [0.29, 0.717) is 17.8 Å². The Kier molecular flexibility index (Phi) is 6.26. The highest BCUT2D eigenvalue weighted by molar-refractivity contribution is 5.91. The molecule has 1 heterocycles. The molecule has 0 saturated heterocycles. The predicted molar refractivity (Wildman–Crippen MR) is 85.7 cm³/mol. The lowest BCUT2D eigenvalue weighted by Gasteiger charge is -2.37. The molecule has 136 valence electrons. The summed E-state index contributed by atoms with van der Waals surface area (Å²) in [5.74, 6) is 0.772. The maximum atomic E-state index is 12.9. The SMILES string of the molecule is CC1CCC(C(C)C)C(OCC(=O)Nc2nnn(C)c2C(F)F)C1. The Hall–Kier alpha value is -1.57. The Bertz CT molecular complexity index is 562. The normalized spacial score (nSPS) is 24.6. The van der Waals surface area contributed by atoms with Crippen LogP contribution in [0.25, 0.3) is 0 Å². The topological polar surface area (TPSA) is 69.0 Å². The largest absolute Gasteiger partial charge is 0.368 e. The fraction of sp³-hybridized carbons (Fsp3) is 0.812. The van der Waals surface area contributed by atoms with Crippen LogP contribution in [0.3, 0.4) is 0 Å². The summed E-state index contributed by atoms with van der Waals surface area (Å²) >= 11 is 0. The van der Waals surface area contributed by atoms with Crippen molar-refractivity contribution in [2.45, 2.75) is 52.6 Å². The van der Waals surface area contributed by atoms with Gasteiger partial charge in [-0.15, -0.1) is 5.10 Å². The van der Waals surface area contributed by atoms with Crippen LogP contribution in [0.2, 0.25) is 0 Å². The average molecular weight is 344 g/mol. The van der Waals surface area contributed by atoms with E-state index in [1.165, 1.54) is 13.5 Å². The third-order valence-corrected chi connectivity index (χ3v) is 4.72.